The molecule has 1 fully saturated rings. The molecule has 1 saturated carbocycles. The van der Waals surface area contributed by atoms with Gasteiger partial charge >= 0.3 is 5.69 Å². The molecular weight excluding hydrogens is 308 g/mol. The lowest BCUT2D eigenvalue weighted by molar-refractivity contribution is 0.713. The zero-order chi connectivity index (χ0) is 16.1. The molecule has 0 N–H and O–H groups in total. The van der Waals surface area contributed by atoms with Gasteiger partial charge in [0.15, 0.2) is 0 Å². The van der Waals surface area contributed by atoms with Gasteiger partial charge in [0.2, 0.25) is 0 Å². The molecule has 0 atom stereocenters. The molecule has 0 radical (unpaired) electrons. The molecule has 4 heteroatoms. The van der Waals surface area contributed by atoms with Crippen molar-refractivity contribution in [2.75, 3.05) is 0 Å². The quantitative estimate of drug-likeness (QED) is 0.686. The Morgan fingerprint density at radius 1 is 1.13 bits per heavy atom. The van der Waals surface area contributed by atoms with Gasteiger partial charge in [-0.2, -0.15) is 4.98 Å². The molecule has 1 heterocycles. The van der Waals surface area contributed by atoms with Crippen molar-refractivity contribution < 1.29 is 0 Å². The van der Waals surface area contributed by atoms with Gasteiger partial charge in [-0.05, 0) is 49.9 Å². The number of halogens is 1. The van der Waals surface area contributed by atoms with E-state index in [1.807, 2.05) is 54.8 Å². The fraction of sp³-hybridized carbons (Fsp3) is 0.263. The molecule has 0 spiro atoms. The summed E-state index contributed by atoms with van der Waals surface area (Å²) in [6.45, 7) is 4.03. The van der Waals surface area contributed by atoms with Crippen LogP contribution in [-0.2, 0) is 0 Å². The molecular formula is C19H17ClN2O. The second-order valence-corrected chi connectivity index (χ2v) is 6.63. The highest BCUT2D eigenvalue weighted by Crippen LogP contribution is 2.39. The molecule has 0 aliphatic heterocycles. The van der Waals surface area contributed by atoms with E-state index in [2.05, 4.69) is 4.98 Å². The van der Waals surface area contributed by atoms with Crippen LogP contribution in [0.1, 0.15) is 30.0 Å². The van der Waals surface area contributed by atoms with Crippen LogP contribution in [0, 0.1) is 13.8 Å². The van der Waals surface area contributed by atoms with E-state index in [9.17, 15) is 4.79 Å². The van der Waals surface area contributed by atoms with Crippen LogP contribution in [0.5, 0.6) is 0 Å². The van der Waals surface area contributed by atoms with Crippen LogP contribution >= 0.6 is 11.6 Å². The van der Waals surface area contributed by atoms with Gasteiger partial charge in [0.05, 0.1) is 11.2 Å². The van der Waals surface area contributed by atoms with Crippen LogP contribution in [0.2, 0.25) is 5.02 Å². The van der Waals surface area contributed by atoms with E-state index in [-0.39, 0.29) is 11.7 Å². The van der Waals surface area contributed by atoms with Crippen molar-refractivity contribution in [3.8, 4) is 11.3 Å². The summed E-state index contributed by atoms with van der Waals surface area (Å²) in [5, 5.41) is 1.69. The number of fused-ring (bicyclic) bond motifs is 1. The van der Waals surface area contributed by atoms with Crippen LogP contribution in [0.25, 0.3) is 22.2 Å². The Morgan fingerprint density at radius 3 is 2.57 bits per heavy atom. The van der Waals surface area contributed by atoms with Gasteiger partial charge in [0.1, 0.15) is 0 Å². The molecule has 0 amide bonds. The maximum atomic E-state index is 12.6. The van der Waals surface area contributed by atoms with Gasteiger partial charge in [-0.1, -0.05) is 35.9 Å². The molecule has 1 aliphatic rings. The molecule has 0 bridgehead atoms. The zero-order valence-electron chi connectivity index (χ0n) is 13.1. The highest BCUT2D eigenvalue weighted by molar-refractivity contribution is 6.32. The normalized spacial score (nSPS) is 14.4. The average Bonchev–Trinajstić information content (AvgIpc) is 3.35. The van der Waals surface area contributed by atoms with Gasteiger partial charge in [-0.3, -0.25) is 4.57 Å². The van der Waals surface area contributed by atoms with E-state index in [0.29, 0.717) is 5.02 Å². The number of aromatic nitrogens is 2. The van der Waals surface area contributed by atoms with E-state index < -0.39 is 0 Å². The van der Waals surface area contributed by atoms with Crippen molar-refractivity contribution in [1.82, 2.24) is 9.55 Å². The highest BCUT2D eigenvalue weighted by atomic mass is 35.5. The standard InChI is InChI=1S/C19H17ClN2O/c1-11-5-3-4-6-14(11)18-17-12(2)15(20)9-10-16(17)22(13-7-8-13)19(23)21-18/h3-6,9-10,13H,7-8H2,1-2H3. The second kappa shape index (κ2) is 5.20. The van der Waals surface area contributed by atoms with Gasteiger partial charge in [0, 0.05) is 22.0 Å². The van der Waals surface area contributed by atoms with E-state index in [4.69, 9.17) is 11.6 Å². The summed E-state index contributed by atoms with van der Waals surface area (Å²) in [6, 6.07) is 12.1. The first-order chi connectivity index (χ1) is 11.1. The molecule has 3 aromatic rings. The third kappa shape index (κ3) is 2.27. The Labute approximate surface area is 139 Å². The molecule has 0 unspecified atom stereocenters. The maximum absolute atomic E-state index is 12.6. The van der Waals surface area contributed by atoms with E-state index in [1.54, 1.807) is 0 Å². The Kier molecular flexibility index (Phi) is 3.27. The molecule has 0 saturated heterocycles. The molecule has 1 aromatic heterocycles. The largest absolute Gasteiger partial charge is 0.348 e. The highest BCUT2D eigenvalue weighted by Gasteiger charge is 2.28. The molecule has 1 aliphatic carbocycles. The lowest BCUT2D eigenvalue weighted by atomic mass is 9.99. The van der Waals surface area contributed by atoms with Gasteiger partial charge in [-0.15, -0.1) is 0 Å². The van der Waals surface area contributed by atoms with Gasteiger partial charge in [-0.25, -0.2) is 4.79 Å². The Hall–Kier alpha value is -2.13. The minimum Gasteiger partial charge on any atom is -0.289 e. The zero-order valence-corrected chi connectivity index (χ0v) is 13.9. The van der Waals surface area contributed by atoms with Crippen molar-refractivity contribution in [3.05, 3.63) is 63.0 Å². The summed E-state index contributed by atoms with van der Waals surface area (Å²) in [5.41, 5.74) is 4.57. The SMILES string of the molecule is Cc1ccccc1-c1nc(=O)n(C2CC2)c2ccc(Cl)c(C)c12. The van der Waals surface area contributed by atoms with Crippen LogP contribution in [0.15, 0.2) is 41.2 Å². The van der Waals surface area contributed by atoms with Crippen molar-refractivity contribution in [2.45, 2.75) is 32.7 Å². The van der Waals surface area contributed by atoms with Crippen LogP contribution in [-0.4, -0.2) is 9.55 Å². The lowest BCUT2D eigenvalue weighted by Gasteiger charge is -2.16. The number of hydrogen-bond acceptors (Lipinski definition) is 2. The van der Waals surface area contributed by atoms with Crippen molar-refractivity contribution >= 4 is 22.5 Å². The van der Waals surface area contributed by atoms with Crippen LogP contribution < -0.4 is 5.69 Å². The lowest BCUT2D eigenvalue weighted by Crippen LogP contribution is -2.23. The topological polar surface area (TPSA) is 34.9 Å². The monoisotopic (exact) mass is 324 g/mol. The van der Waals surface area contributed by atoms with E-state index >= 15 is 0 Å². The van der Waals surface area contributed by atoms with Gasteiger partial charge < -0.3 is 0 Å². The second-order valence-electron chi connectivity index (χ2n) is 6.23. The third-order valence-electron chi connectivity index (χ3n) is 4.60. The molecule has 23 heavy (non-hydrogen) atoms. The van der Waals surface area contributed by atoms with Crippen LogP contribution in [0.4, 0.5) is 0 Å². The first-order valence-electron chi connectivity index (χ1n) is 7.85. The number of hydrogen-bond donors (Lipinski definition) is 0. The first kappa shape index (κ1) is 14.5. The third-order valence-corrected chi connectivity index (χ3v) is 5.01. The number of rotatable bonds is 2. The average molecular weight is 325 g/mol. The molecule has 2 aromatic carbocycles. The summed E-state index contributed by atoms with van der Waals surface area (Å²) in [6.07, 6.45) is 2.09. The number of benzene rings is 2. The summed E-state index contributed by atoms with van der Waals surface area (Å²) in [7, 11) is 0. The van der Waals surface area contributed by atoms with E-state index in [0.717, 1.165) is 46.1 Å². The summed E-state index contributed by atoms with van der Waals surface area (Å²) in [5.74, 6) is 0. The van der Waals surface area contributed by atoms with Gasteiger partial charge in [0.25, 0.3) is 0 Å². The van der Waals surface area contributed by atoms with Crippen molar-refractivity contribution in [3.63, 3.8) is 0 Å². The first-order valence-corrected chi connectivity index (χ1v) is 8.23. The molecule has 116 valence electrons. The molecule has 4 rings (SSSR count). The predicted molar refractivity (Wildman–Crippen MR) is 94.2 cm³/mol. The summed E-state index contributed by atoms with van der Waals surface area (Å²) < 4.78 is 1.83. The van der Waals surface area contributed by atoms with Crippen LogP contribution in [0.3, 0.4) is 0 Å². The molecule has 3 nitrogen and oxygen atoms in total. The fourth-order valence-corrected chi connectivity index (χ4v) is 3.36. The fourth-order valence-electron chi connectivity index (χ4n) is 3.20. The van der Waals surface area contributed by atoms with E-state index in [1.165, 1.54) is 0 Å². The summed E-state index contributed by atoms with van der Waals surface area (Å²) in [4.78, 5) is 17.1. The number of aryl methyl sites for hydroxylation is 2. The number of nitrogens with zero attached hydrogens (tertiary/aromatic N) is 2. The minimum absolute atomic E-state index is 0.167. The van der Waals surface area contributed by atoms with Crippen molar-refractivity contribution in [1.29, 1.82) is 0 Å². The predicted octanol–water partition coefficient (Wildman–Crippen LogP) is 4.67. The van der Waals surface area contributed by atoms with Crippen molar-refractivity contribution in [2.24, 2.45) is 0 Å². The Bertz CT molecular complexity index is 987. The smallest absolute Gasteiger partial charge is 0.289 e. The maximum Gasteiger partial charge on any atom is 0.348 e. The minimum atomic E-state index is -0.167. The Morgan fingerprint density at radius 2 is 1.87 bits per heavy atom. The Balaban J connectivity index is 2.17. The summed E-state index contributed by atoms with van der Waals surface area (Å²) >= 11 is 6.36.